The normalized spacial score (nSPS) is 20.1. The molecule has 27 heavy (non-hydrogen) atoms. The quantitative estimate of drug-likeness (QED) is 0.813. The average Bonchev–Trinajstić information content (AvgIpc) is 2.64. The summed E-state index contributed by atoms with van der Waals surface area (Å²) in [6.45, 7) is 0.353. The van der Waals surface area contributed by atoms with Crippen molar-refractivity contribution in [3.05, 3.63) is 71.0 Å². The number of nitrogens with zero attached hydrogens (tertiary/aromatic N) is 1. The molecule has 1 aliphatic heterocycles. The number of carbonyl (C=O) groups excluding carboxylic acids is 1. The van der Waals surface area contributed by atoms with E-state index in [4.69, 9.17) is 0 Å². The zero-order chi connectivity index (χ0) is 19.4. The van der Waals surface area contributed by atoms with Gasteiger partial charge < -0.3 is 15.3 Å². The third-order valence-corrected chi connectivity index (χ3v) is 4.79. The van der Waals surface area contributed by atoms with Crippen LogP contribution in [0.25, 0.3) is 0 Å². The zero-order valence-corrected chi connectivity index (χ0v) is 14.7. The second-order valence-electron chi connectivity index (χ2n) is 6.77. The summed E-state index contributed by atoms with van der Waals surface area (Å²) < 4.78 is 40.9. The highest BCUT2D eigenvalue weighted by molar-refractivity contribution is 5.86. The fourth-order valence-corrected chi connectivity index (χ4v) is 3.30. The summed E-state index contributed by atoms with van der Waals surface area (Å²) in [6.07, 6.45) is 0.777. The van der Waals surface area contributed by atoms with E-state index in [1.54, 1.807) is 18.2 Å². The molecule has 3 rings (SSSR count). The van der Waals surface area contributed by atoms with Crippen molar-refractivity contribution >= 4 is 5.91 Å². The summed E-state index contributed by atoms with van der Waals surface area (Å²) in [5.74, 6) is -2.87. The lowest BCUT2D eigenvalue weighted by Crippen LogP contribution is -2.57. The van der Waals surface area contributed by atoms with Gasteiger partial charge >= 0.3 is 0 Å². The van der Waals surface area contributed by atoms with E-state index < -0.39 is 23.1 Å². The summed E-state index contributed by atoms with van der Waals surface area (Å²) in [5, 5.41) is 13.7. The van der Waals surface area contributed by atoms with Crippen LogP contribution in [0.4, 0.5) is 13.2 Å². The molecule has 4 nitrogen and oxygen atoms in total. The van der Waals surface area contributed by atoms with Gasteiger partial charge in [-0.25, -0.2) is 13.2 Å². The van der Waals surface area contributed by atoms with Gasteiger partial charge in [0.05, 0.1) is 0 Å². The summed E-state index contributed by atoms with van der Waals surface area (Å²) in [7, 11) is 0. The number of nitrogens with one attached hydrogen (secondary N) is 1. The second-order valence-corrected chi connectivity index (χ2v) is 6.77. The van der Waals surface area contributed by atoms with Crippen LogP contribution < -0.4 is 5.32 Å². The lowest BCUT2D eigenvalue weighted by atomic mass is 9.91. The van der Waals surface area contributed by atoms with Gasteiger partial charge in [-0.1, -0.05) is 30.3 Å². The van der Waals surface area contributed by atoms with Crippen molar-refractivity contribution in [2.45, 2.75) is 31.5 Å². The summed E-state index contributed by atoms with van der Waals surface area (Å²) in [4.78, 5) is 14.0. The largest absolute Gasteiger partial charge is 0.379 e. The lowest BCUT2D eigenvalue weighted by Gasteiger charge is -2.38. The molecule has 0 radical (unpaired) electrons. The molecule has 2 aromatic rings. The molecule has 0 spiro atoms. The van der Waals surface area contributed by atoms with Crippen LogP contribution >= 0.6 is 0 Å². The van der Waals surface area contributed by atoms with E-state index in [1.165, 1.54) is 23.1 Å². The minimum atomic E-state index is -1.66. The first-order chi connectivity index (χ1) is 12.9. The number of piperidine rings is 1. The first-order valence-corrected chi connectivity index (χ1v) is 8.79. The van der Waals surface area contributed by atoms with Gasteiger partial charge in [0.1, 0.15) is 5.82 Å². The maximum atomic E-state index is 13.9. The van der Waals surface area contributed by atoms with Gasteiger partial charge in [0.25, 0.3) is 5.91 Å². The molecule has 1 fully saturated rings. The van der Waals surface area contributed by atoms with Gasteiger partial charge in [-0.2, -0.15) is 0 Å². The Labute approximate surface area is 155 Å². The molecule has 1 atom stereocenters. The Morgan fingerprint density at radius 1 is 1.04 bits per heavy atom. The van der Waals surface area contributed by atoms with Gasteiger partial charge in [0.2, 0.25) is 0 Å². The fourth-order valence-electron chi connectivity index (χ4n) is 3.30. The van der Waals surface area contributed by atoms with E-state index in [2.05, 4.69) is 5.32 Å². The van der Waals surface area contributed by atoms with Crippen LogP contribution in [0, 0.1) is 17.5 Å². The van der Waals surface area contributed by atoms with Crippen LogP contribution in [0.3, 0.4) is 0 Å². The van der Waals surface area contributed by atoms with Crippen LogP contribution in [0.2, 0.25) is 0 Å². The summed E-state index contributed by atoms with van der Waals surface area (Å²) in [6, 6.07) is 10.1. The van der Waals surface area contributed by atoms with Gasteiger partial charge in [0, 0.05) is 37.3 Å². The Bertz CT molecular complexity index is 831. The zero-order valence-electron chi connectivity index (χ0n) is 14.7. The van der Waals surface area contributed by atoms with Gasteiger partial charge in [-0.15, -0.1) is 0 Å². The topological polar surface area (TPSA) is 52.6 Å². The molecule has 0 saturated carbocycles. The number of amides is 1. The molecule has 7 heteroatoms. The second kappa shape index (κ2) is 8.10. The molecule has 1 saturated heterocycles. The van der Waals surface area contributed by atoms with E-state index in [1.807, 2.05) is 0 Å². The highest BCUT2D eigenvalue weighted by Crippen LogP contribution is 2.25. The van der Waals surface area contributed by atoms with E-state index >= 15 is 0 Å². The van der Waals surface area contributed by atoms with Crippen molar-refractivity contribution in [3.8, 4) is 0 Å². The highest BCUT2D eigenvalue weighted by Gasteiger charge is 2.42. The first-order valence-electron chi connectivity index (χ1n) is 8.79. The van der Waals surface area contributed by atoms with Crippen LogP contribution in [-0.4, -0.2) is 34.6 Å². The van der Waals surface area contributed by atoms with E-state index in [9.17, 15) is 23.1 Å². The SMILES string of the molecule is O=C1N(Cc2cccc(F)c2F)CCCC1(O)CNCc1ccccc1F. The molecule has 1 amide bonds. The van der Waals surface area contributed by atoms with Crippen LogP contribution in [-0.2, 0) is 17.9 Å². The first kappa shape index (κ1) is 19.4. The summed E-state index contributed by atoms with van der Waals surface area (Å²) >= 11 is 0. The highest BCUT2D eigenvalue weighted by atomic mass is 19.2. The maximum Gasteiger partial charge on any atom is 0.256 e. The van der Waals surface area contributed by atoms with Gasteiger partial charge in [-0.05, 0) is 25.0 Å². The van der Waals surface area contributed by atoms with Crippen molar-refractivity contribution < 1.29 is 23.1 Å². The van der Waals surface area contributed by atoms with Crippen molar-refractivity contribution in [1.82, 2.24) is 10.2 Å². The number of hydrogen-bond donors (Lipinski definition) is 2. The Balaban J connectivity index is 1.64. The fraction of sp³-hybridized carbons (Fsp3) is 0.350. The summed E-state index contributed by atoms with van der Waals surface area (Å²) in [5.41, 5.74) is -1.16. The molecular formula is C20H21F3N2O2. The number of carbonyl (C=O) groups is 1. The van der Waals surface area contributed by atoms with Crippen molar-refractivity contribution in [2.75, 3.05) is 13.1 Å². The Morgan fingerprint density at radius 2 is 1.74 bits per heavy atom. The van der Waals surface area contributed by atoms with Crippen molar-refractivity contribution in [1.29, 1.82) is 0 Å². The minimum Gasteiger partial charge on any atom is -0.379 e. The number of benzene rings is 2. The van der Waals surface area contributed by atoms with Crippen LogP contribution in [0.1, 0.15) is 24.0 Å². The number of halogens is 3. The molecule has 2 aromatic carbocycles. The molecule has 1 aliphatic rings. The molecule has 2 N–H and O–H groups in total. The smallest absolute Gasteiger partial charge is 0.256 e. The van der Waals surface area contributed by atoms with Crippen LogP contribution in [0.5, 0.6) is 0 Å². The van der Waals surface area contributed by atoms with Crippen molar-refractivity contribution in [2.24, 2.45) is 0 Å². The average molecular weight is 378 g/mol. The molecule has 1 unspecified atom stereocenters. The Morgan fingerprint density at radius 3 is 2.52 bits per heavy atom. The molecule has 0 aliphatic carbocycles. The molecule has 1 heterocycles. The van der Waals surface area contributed by atoms with Crippen molar-refractivity contribution in [3.63, 3.8) is 0 Å². The number of likely N-dealkylation sites (tertiary alicyclic amines) is 1. The van der Waals surface area contributed by atoms with Crippen LogP contribution in [0.15, 0.2) is 42.5 Å². The minimum absolute atomic E-state index is 0.0533. The number of aliphatic hydroxyl groups is 1. The number of hydrogen-bond acceptors (Lipinski definition) is 3. The molecule has 144 valence electrons. The Hall–Kier alpha value is -2.38. The predicted molar refractivity (Wildman–Crippen MR) is 94.1 cm³/mol. The van der Waals surface area contributed by atoms with E-state index in [0.29, 0.717) is 18.5 Å². The van der Waals surface area contributed by atoms with E-state index in [0.717, 1.165) is 6.07 Å². The third-order valence-electron chi connectivity index (χ3n) is 4.79. The number of rotatable bonds is 6. The van der Waals surface area contributed by atoms with Gasteiger partial charge in [0.15, 0.2) is 17.2 Å². The maximum absolute atomic E-state index is 13.9. The molecular weight excluding hydrogens is 357 g/mol. The standard InChI is InChI=1S/C20H21F3N2O2/c21-16-7-2-1-5-14(16)11-24-13-20(27)9-4-10-25(19(20)26)12-15-6-3-8-17(22)18(15)23/h1-3,5-8,24,27H,4,9-13H2. The van der Waals surface area contributed by atoms with Gasteiger partial charge in [-0.3, -0.25) is 4.79 Å². The monoisotopic (exact) mass is 378 g/mol. The third kappa shape index (κ3) is 4.31. The van der Waals surface area contributed by atoms with E-state index in [-0.39, 0.29) is 37.4 Å². The predicted octanol–water partition coefficient (Wildman–Crippen LogP) is 2.75. The molecule has 0 bridgehead atoms. The molecule has 0 aromatic heterocycles. The lowest BCUT2D eigenvalue weighted by molar-refractivity contribution is -0.157. The Kier molecular flexibility index (Phi) is 5.82.